The molecule has 1 aromatic carbocycles. The van der Waals surface area contributed by atoms with Crippen LogP contribution in [-0.2, 0) is 0 Å². The van der Waals surface area contributed by atoms with E-state index in [0.717, 1.165) is 12.3 Å². The molecule has 1 aliphatic rings. The first kappa shape index (κ1) is 11.1. The summed E-state index contributed by atoms with van der Waals surface area (Å²) in [5.41, 5.74) is 1.32. The summed E-state index contributed by atoms with van der Waals surface area (Å²) in [6.45, 7) is 1.12. The highest BCUT2D eigenvalue weighted by molar-refractivity contribution is 7.17. The maximum atomic E-state index is 5.64. The van der Waals surface area contributed by atoms with Crippen molar-refractivity contribution in [2.45, 2.75) is 25.3 Å². The fourth-order valence-electron chi connectivity index (χ4n) is 2.65. The summed E-state index contributed by atoms with van der Waals surface area (Å²) in [6, 6.07) is 7.06. The van der Waals surface area contributed by atoms with Crippen molar-refractivity contribution in [1.29, 1.82) is 0 Å². The fourth-order valence-corrected chi connectivity index (χ4v) is 3.44. The van der Waals surface area contributed by atoms with Crippen molar-refractivity contribution in [3.05, 3.63) is 29.1 Å². The molecule has 1 atom stereocenters. The van der Waals surface area contributed by atoms with Crippen LogP contribution in [-0.4, -0.2) is 13.7 Å². The predicted octanol–water partition coefficient (Wildman–Crippen LogP) is 3.72. The van der Waals surface area contributed by atoms with Gasteiger partial charge in [0.1, 0.15) is 5.75 Å². The van der Waals surface area contributed by atoms with Crippen molar-refractivity contribution in [1.82, 2.24) is 5.32 Å². The van der Waals surface area contributed by atoms with Crippen molar-refractivity contribution < 1.29 is 4.74 Å². The van der Waals surface area contributed by atoms with Crippen LogP contribution in [0.3, 0.4) is 0 Å². The van der Waals surface area contributed by atoms with Crippen LogP contribution in [0.5, 0.6) is 5.75 Å². The maximum Gasteiger partial charge on any atom is 0.132 e. The topological polar surface area (TPSA) is 21.3 Å². The van der Waals surface area contributed by atoms with Gasteiger partial charge in [0.15, 0.2) is 0 Å². The van der Waals surface area contributed by atoms with Crippen molar-refractivity contribution in [2.75, 3.05) is 13.7 Å². The van der Waals surface area contributed by atoms with E-state index >= 15 is 0 Å². The molecule has 1 N–H and O–H groups in total. The first-order valence-electron chi connectivity index (χ1n) is 6.17. The van der Waals surface area contributed by atoms with Gasteiger partial charge in [-0.15, -0.1) is 11.3 Å². The highest BCUT2D eigenvalue weighted by Crippen LogP contribution is 2.38. The van der Waals surface area contributed by atoms with Gasteiger partial charge < -0.3 is 10.1 Å². The Morgan fingerprint density at radius 2 is 2.24 bits per heavy atom. The van der Waals surface area contributed by atoms with Crippen LogP contribution < -0.4 is 10.1 Å². The first-order chi connectivity index (χ1) is 8.40. The lowest BCUT2D eigenvalue weighted by Gasteiger charge is -2.25. The highest BCUT2D eigenvalue weighted by atomic mass is 32.1. The van der Waals surface area contributed by atoms with Crippen molar-refractivity contribution in [3.8, 4) is 5.75 Å². The predicted molar refractivity (Wildman–Crippen MR) is 73.0 cm³/mol. The van der Waals surface area contributed by atoms with E-state index in [1.807, 2.05) is 0 Å². The molecule has 17 heavy (non-hydrogen) atoms. The SMILES string of the molecule is COc1c(C2CCCCN2)ccc2sccc12. The van der Waals surface area contributed by atoms with Crippen LogP contribution in [0.1, 0.15) is 30.9 Å². The molecule has 0 bridgehead atoms. The monoisotopic (exact) mass is 247 g/mol. The summed E-state index contributed by atoms with van der Waals surface area (Å²) in [7, 11) is 1.78. The fraction of sp³-hybridized carbons (Fsp3) is 0.429. The van der Waals surface area contributed by atoms with Crippen LogP contribution in [0.4, 0.5) is 0 Å². The quantitative estimate of drug-likeness (QED) is 0.873. The van der Waals surface area contributed by atoms with Crippen molar-refractivity contribution >= 4 is 21.4 Å². The average molecular weight is 247 g/mol. The Bertz CT molecular complexity index is 514. The van der Waals surface area contributed by atoms with Gasteiger partial charge in [0.05, 0.1) is 7.11 Å². The van der Waals surface area contributed by atoms with Crippen molar-refractivity contribution in [2.24, 2.45) is 0 Å². The van der Waals surface area contributed by atoms with E-state index in [-0.39, 0.29) is 0 Å². The lowest BCUT2D eigenvalue weighted by molar-refractivity contribution is 0.377. The van der Waals surface area contributed by atoms with E-state index in [1.165, 1.54) is 34.9 Å². The summed E-state index contributed by atoms with van der Waals surface area (Å²) in [5, 5.41) is 6.97. The van der Waals surface area contributed by atoms with Gasteiger partial charge >= 0.3 is 0 Å². The molecule has 0 aliphatic carbocycles. The number of hydrogen-bond acceptors (Lipinski definition) is 3. The Labute approximate surface area is 106 Å². The molecule has 3 heteroatoms. The van der Waals surface area contributed by atoms with Gasteiger partial charge in [-0.1, -0.05) is 12.5 Å². The van der Waals surface area contributed by atoms with E-state index in [4.69, 9.17) is 4.74 Å². The van der Waals surface area contributed by atoms with Gasteiger partial charge in [-0.2, -0.15) is 0 Å². The van der Waals surface area contributed by atoms with Gasteiger partial charge in [0, 0.05) is 21.7 Å². The number of hydrogen-bond donors (Lipinski definition) is 1. The largest absolute Gasteiger partial charge is 0.496 e. The zero-order valence-electron chi connectivity index (χ0n) is 10.0. The smallest absolute Gasteiger partial charge is 0.132 e. The van der Waals surface area contributed by atoms with Crippen LogP contribution in [0.15, 0.2) is 23.6 Å². The second-order valence-corrected chi connectivity index (χ2v) is 5.47. The molecule has 2 aromatic rings. The van der Waals surface area contributed by atoms with E-state index in [9.17, 15) is 0 Å². The Balaban J connectivity index is 2.07. The number of benzene rings is 1. The second kappa shape index (κ2) is 4.67. The average Bonchev–Trinajstić information content (AvgIpc) is 2.86. The number of fused-ring (bicyclic) bond motifs is 1. The Morgan fingerprint density at radius 3 is 3.00 bits per heavy atom. The summed E-state index contributed by atoms with van der Waals surface area (Å²) in [6.07, 6.45) is 3.81. The van der Waals surface area contributed by atoms with Gasteiger partial charge in [-0.3, -0.25) is 0 Å². The lowest BCUT2D eigenvalue weighted by Crippen LogP contribution is -2.27. The molecule has 0 amide bonds. The molecule has 3 rings (SSSR count). The molecule has 0 spiro atoms. The molecular weight excluding hydrogens is 230 g/mol. The minimum atomic E-state index is 0.461. The third kappa shape index (κ3) is 1.94. The van der Waals surface area contributed by atoms with Gasteiger partial charge in [-0.05, 0) is 36.9 Å². The Hall–Kier alpha value is -1.06. The van der Waals surface area contributed by atoms with Gasteiger partial charge in [-0.25, -0.2) is 0 Å². The lowest BCUT2D eigenvalue weighted by atomic mass is 9.96. The highest BCUT2D eigenvalue weighted by Gasteiger charge is 2.20. The number of piperidine rings is 1. The zero-order valence-corrected chi connectivity index (χ0v) is 10.8. The Morgan fingerprint density at radius 1 is 1.29 bits per heavy atom. The first-order valence-corrected chi connectivity index (χ1v) is 7.05. The zero-order chi connectivity index (χ0) is 11.7. The number of nitrogens with one attached hydrogen (secondary N) is 1. The van der Waals surface area contributed by atoms with Crippen LogP contribution in [0.25, 0.3) is 10.1 Å². The molecule has 0 radical (unpaired) electrons. The summed E-state index contributed by atoms with van der Waals surface area (Å²) >= 11 is 1.77. The van der Waals surface area contributed by atoms with E-state index < -0.39 is 0 Å². The molecule has 1 aromatic heterocycles. The standard InChI is InChI=1S/C14H17NOS/c1-16-14-10(12-4-2-3-8-15-12)5-6-13-11(14)7-9-17-13/h5-7,9,12,15H,2-4,8H2,1H3. The minimum absolute atomic E-state index is 0.461. The van der Waals surface area contributed by atoms with Gasteiger partial charge in [0.25, 0.3) is 0 Å². The maximum absolute atomic E-state index is 5.64. The summed E-state index contributed by atoms with van der Waals surface area (Å²) in [4.78, 5) is 0. The van der Waals surface area contributed by atoms with Gasteiger partial charge in [0.2, 0.25) is 0 Å². The Kier molecular flexibility index (Phi) is 3.04. The molecule has 90 valence electrons. The van der Waals surface area contributed by atoms with Crippen LogP contribution in [0, 0.1) is 0 Å². The van der Waals surface area contributed by atoms with Crippen LogP contribution >= 0.6 is 11.3 Å². The molecule has 1 aliphatic heterocycles. The van der Waals surface area contributed by atoms with Crippen molar-refractivity contribution in [3.63, 3.8) is 0 Å². The number of rotatable bonds is 2. The molecule has 2 nitrogen and oxygen atoms in total. The molecule has 2 heterocycles. The van der Waals surface area contributed by atoms with Crippen LogP contribution in [0.2, 0.25) is 0 Å². The molecule has 1 fully saturated rings. The number of thiophene rings is 1. The second-order valence-electron chi connectivity index (χ2n) is 4.52. The third-order valence-electron chi connectivity index (χ3n) is 3.51. The molecule has 1 unspecified atom stereocenters. The summed E-state index contributed by atoms with van der Waals surface area (Å²) < 4.78 is 6.94. The third-order valence-corrected chi connectivity index (χ3v) is 4.39. The van der Waals surface area contributed by atoms with E-state index in [2.05, 4.69) is 28.9 Å². The normalized spacial score (nSPS) is 20.6. The molecule has 1 saturated heterocycles. The number of ether oxygens (including phenoxy) is 1. The minimum Gasteiger partial charge on any atom is -0.496 e. The van der Waals surface area contributed by atoms with E-state index in [0.29, 0.717) is 6.04 Å². The number of methoxy groups -OCH3 is 1. The molecule has 0 saturated carbocycles. The van der Waals surface area contributed by atoms with E-state index in [1.54, 1.807) is 18.4 Å². The molecular formula is C14H17NOS. The summed E-state index contributed by atoms with van der Waals surface area (Å²) in [5.74, 6) is 1.06.